The molecule has 2 aromatic heterocycles. The lowest BCUT2D eigenvalue weighted by Gasteiger charge is -2.38. The van der Waals surface area contributed by atoms with Crippen LogP contribution in [-0.4, -0.2) is 47.4 Å². The van der Waals surface area contributed by atoms with Crippen LogP contribution >= 0.6 is 11.3 Å². The topological polar surface area (TPSA) is 63.0 Å². The van der Waals surface area contributed by atoms with Crippen LogP contribution in [0.2, 0.25) is 0 Å². The fourth-order valence-corrected chi connectivity index (χ4v) is 5.35. The molecule has 3 aromatic rings. The van der Waals surface area contributed by atoms with E-state index in [0.29, 0.717) is 19.1 Å². The van der Waals surface area contributed by atoms with Gasteiger partial charge in [0, 0.05) is 17.5 Å². The molecule has 1 aliphatic rings. The Labute approximate surface area is 211 Å². The normalized spacial score (nSPS) is 16.1. The first kappa shape index (κ1) is 25.0. The van der Waals surface area contributed by atoms with Gasteiger partial charge >= 0.3 is 0 Å². The Bertz CT molecular complexity index is 1120. The van der Waals surface area contributed by atoms with Gasteiger partial charge in [-0.3, -0.25) is 9.59 Å². The summed E-state index contributed by atoms with van der Waals surface area (Å²) in [6, 6.07) is 13.3. The Balaban J connectivity index is 1.52. The van der Waals surface area contributed by atoms with E-state index in [4.69, 9.17) is 9.15 Å². The van der Waals surface area contributed by atoms with Gasteiger partial charge in [0.2, 0.25) is 5.91 Å². The molecule has 35 heavy (non-hydrogen) atoms. The zero-order valence-electron chi connectivity index (χ0n) is 20.9. The number of carbonyl (C=O) groups is 2. The predicted octanol–water partition coefficient (Wildman–Crippen LogP) is 5.91. The predicted molar refractivity (Wildman–Crippen MR) is 138 cm³/mol. The molecule has 7 heteroatoms. The maximum atomic E-state index is 13.6. The second kappa shape index (κ2) is 11.1. The van der Waals surface area contributed by atoms with E-state index in [0.717, 1.165) is 24.2 Å². The Morgan fingerprint density at radius 1 is 1.17 bits per heavy atom. The van der Waals surface area contributed by atoms with E-state index < -0.39 is 0 Å². The van der Waals surface area contributed by atoms with Crippen LogP contribution in [0.25, 0.3) is 0 Å². The van der Waals surface area contributed by atoms with Gasteiger partial charge in [0.05, 0.1) is 12.3 Å². The minimum absolute atomic E-state index is 0.00754. The van der Waals surface area contributed by atoms with Crippen molar-refractivity contribution in [3.8, 4) is 5.75 Å². The largest absolute Gasteiger partial charge is 0.491 e. The van der Waals surface area contributed by atoms with Crippen LogP contribution in [0.5, 0.6) is 5.75 Å². The maximum Gasteiger partial charge on any atom is 0.290 e. The molecule has 1 aromatic carbocycles. The first-order valence-corrected chi connectivity index (χ1v) is 13.2. The zero-order valence-corrected chi connectivity index (χ0v) is 21.7. The van der Waals surface area contributed by atoms with Crippen molar-refractivity contribution in [1.29, 1.82) is 0 Å². The Morgan fingerprint density at radius 3 is 2.60 bits per heavy atom. The van der Waals surface area contributed by atoms with Gasteiger partial charge in [-0.2, -0.15) is 0 Å². The molecule has 0 fully saturated rings. The number of benzene rings is 1. The lowest BCUT2D eigenvalue weighted by atomic mass is 10.00. The molecule has 2 amide bonds. The monoisotopic (exact) mass is 494 g/mol. The highest BCUT2D eigenvalue weighted by atomic mass is 32.1. The van der Waals surface area contributed by atoms with Gasteiger partial charge in [-0.25, -0.2) is 0 Å². The van der Waals surface area contributed by atoms with Crippen LogP contribution in [-0.2, 0) is 11.2 Å². The number of fused-ring (bicyclic) bond motifs is 1. The van der Waals surface area contributed by atoms with Crippen LogP contribution in [0.1, 0.15) is 72.6 Å². The summed E-state index contributed by atoms with van der Waals surface area (Å²) in [6.45, 7) is 9.28. The molecule has 0 N–H and O–H groups in total. The number of rotatable bonds is 9. The molecule has 0 bridgehead atoms. The Hall–Kier alpha value is -3.06. The van der Waals surface area contributed by atoms with E-state index in [1.165, 1.54) is 16.7 Å². The van der Waals surface area contributed by atoms with Crippen molar-refractivity contribution >= 4 is 23.2 Å². The number of ether oxygens (including phenoxy) is 1. The number of amides is 2. The minimum Gasteiger partial charge on any atom is -0.491 e. The van der Waals surface area contributed by atoms with Crippen LogP contribution in [0, 0.1) is 0 Å². The van der Waals surface area contributed by atoms with Crippen LogP contribution in [0.3, 0.4) is 0 Å². The summed E-state index contributed by atoms with van der Waals surface area (Å²) in [6.07, 6.45) is 3.04. The number of hydrogen-bond donors (Lipinski definition) is 0. The first-order chi connectivity index (χ1) is 16.9. The van der Waals surface area contributed by atoms with Gasteiger partial charge < -0.3 is 19.0 Å². The average molecular weight is 495 g/mol. The number of carbonyl (C=O) groups excluding carboxylic acids is 2. The van der Waals surface area contributed by atoms with E-state index in [-0.39, 0.29) is 36.2 Å². The van der Waals surface area contributed by atoms with Crippen LogP contribution < -0.4 is 4.74 Å². The molecule has 0 radical (unpaired) electrons. The van der Waals surface area contributed by atoms with E-state index in [1.807, 2.05) is 30.9 Å². The van der Waals surface area contributed by atoms with Crippen molar-refractivity contribution in [2.45, 2.75) is 58.5 Å². The van der Waals surface area contributed by atoms with Crippen molar-refractivity contribution in [3.63, 3.8) is 0 Å². The van der Waals surface area contributed by atoms with Crippen LogP contribution in [0.4, 0.5) is 0 Å². The molecule has 2 atom stereocenters. The SMILES string of the molecule is CC[C@@H](C)N(CC(=O)N1CCc2sccc2[C@H]1COc1ccc(C(C)C)cc1)C(=O)c1ccco1. The molecule has 3 heterocycles. The third-order valence-corrected chi connectivity index (χ3v) is 7.79. The van der Waals surface area contributed by atoms with E-state index >= 15 is 0 Å². The van der Waals surface area contributed by atoms with E-state index in [2.05, 4.69) is 37.4 Å². The van der Waals surface area contributed by atoms with Crippen molar-refractivity contribution in [2.75, 3.05) is 19.7 Å². The Kier molecular flexibility index (Phi) is 7.96. The van der Waals surface area contributed by atoms with Gasteiger partial charge in [0.15, 0.2) is 5.76 Å². The van der Waals surface area contributed by atoms with Gasteiger partial charge in [-0.1, -0.05) is 32.9 Å². The fraction of sp³-hybridized carbons (Fsp3) is 0.429. The molecule has 186 valence electrons. The molecule has 0 aliphatic carbocycles. The van der Waals surface area contributed by atoms with Crippen molar-refractivity contribution in [3.05, 3.63) is 75.9 Å². The molecule has 0 spiro atoms. The molecule has 0 saturated heterocycles. The second-order valence-corrected chi connectivity index (χ2v) is 10.4. The van der Waals surface area contributed by atoms with Gasteiger partial charge in [0.25, 0.3) is 5.91 Å². The smallest absolute Gasteiger partial charge is 0.290 e. The lowest BCUT2D eigenvalue weighted by Crippen LogP contribution is -2.49. The van der Waals surface area contributed by atoms with Crippen molar-refractivity contribution in [1.82, 2.24) is 9.80 Å². The maximum absolute atomic E-state index is 13.6. The highest BCUT2D eigenvalue weighted by molar-refractivity contribution is 7.10. The third-order valence-electron chi connectivity index (χ3n) is 6.79. The van der Waals surface area contributed by atoms with E-state index in [1.54, 1.807) is 28.4 Å². The van der Waals surface area contributed by atoms with Crippen LogP contribution in [0.15, 0.2) is 58.5 Å². The number of hydrogen-bond acceptors (Lipinski definition) is 5. The molecule has 4 rings (SSSR count). The highest BCUT2D eigenvalue weighted by Crippen LogP contribution is 2.34. The van der Waals surface area contributed by atoms with Gasteiger partial charge in [0.1, 0.15) is 18.9 Å². The summed E-state index contributed by atoms with van der Waals surface area (Å²) >= 11 is 1.72. The highest BCUT2D eigenvalue weighted by Gasteiger charge is 2.34. The Morgan fingerprint density at radius 2 is 1.94 bits per heavy atom. The quantitative estimate of drug-likeness (QED) is 0.371. The lowest BCUT2D eigenvalue weighted by molar-refractivity contribution is -0.136. The molecule has 6 nitrogen and oxygen atoms in total. The minimum atomic E-state index is -0.260. The van der Waals surface area contributed by atoms with Gasteiger partial charge in [-0.15, -0.1) is 11.3 Å². The second-order valence-electron chi connectivity index (χ2n) is 9.35. The standard InChI is InChI=1S/C28H34N2O4S/c1-5-20(4)30(28(32)25-7-6-15-33-25)17-27(31)29-14-12-26-23(13-16-35-26)24(29)18-34-22-10-8-21(9-11-22)19(2)3/h6-11,13,15-16,19-20,24H,5,12,14,17-18H2,1-4H3/t20-,24-/m1/s1. The molecular weight excluding hydrogens is 460 g/mol. The summed E-state index contributed by atoms with van der Waals surface area (Å²) in [7, 11) is 0. The summed E-state index contributed by atoms with van der Waals surface area (Å²) in [5.41, 5.74) is 2.40. The van der Waals surface area contributed by atoms with E-state index in [9.17, 15) is 9.59 Å². The number of thiophene rings is 1. The molecule has 0 unspecified atom stereocenters. The molecule has 0 saturated carbocycles. The summed E-state index contributed by atoms with van der Waals surface area (Å²) in [5, 5.41) is 2.08. The first-order valence-electron chi connectivity index (χ1n) is 12.3. The molecule has 1 aliphatic heterocycles. The summed E-state index contributed by atoms with van der Waals surface area (Å²) < 4.78 is 11.5. The molecular formula is C28H34N2O4S. The third kappa shape index (κ3) is 5.61. The van der Waals surface area contributed by atoms with Gasteiger partial charge in [-0.05, 0) is 72.5 Å². The van der Waals surface area contributed by atoms with Crippen molar-refractivity contribution in [2.24, 2.45) is 0 Å². The van der Waals surface area contributed by atoms with Crippen molar-refractivity contribution < 1.29 is 18.7 Å². The number of nitrogens with zero attached hydrogens (tertiary/aromatic N) is 2. The average Bonchev–Trinajstić information content (AvgIpc) is 3.57. The summed E-state index contributed by atoms with van der Waals surface area (Å²) in [5.74, 6) is 1.16. The zero-order chi connectivity index (χ0) is 24.9. The number of furan rings is 1. The fourth-order valence-electron chi connectivity index (χ4n) is 4.43. The summed E-state index contributed by atoms with van der Waals surface area (Å²) in [4.78, 5) is 31.5.